The van der Waals surface area contributed by atoms with Crippen LogP contribution in [-0.2, 0) is 4.79 Å². The molecule has 0 aromatic heterocycles. The quantitative estimate of drug-likeness (QED) is 0.803. The van der Waals surface area contributed by atoms with Gasteiger partial charge >= 0.3 is 0 Å². The molecule has 1 aliphatic heterocycles. The van der Waals surface area contributed by atoms with Crippen molar-refractivity contribution in [1.82, 2.24) is 4.90 Å². The number of carbonyl (C=O) groups is 1. The monoisotopic (exact) mass is 276 g/mol. The van der Waals surface area contributed by atoms with E-state index in [4.69, 9.17) is 10.5 Å². The highest BCUT2D eigenvalue weighted by Crippen LogP contribution is 2.38. The summed E-state index contributed by atoms with van der Waals surface area (Å²) >= 11 is 0. The number of hydrogen-bond acceptors (Lipinski definition) is 4. The number of amides is 1. The number of fused-ring (bicyclic) bond motifs is 1. The highest BCUT2D eigenvalue weighted by Gasteiger charge is 2.43. The fourth-order valence-electron chi connectivity index (χ4n) is 3.28. The lowest BCUT2D eigenvalue weighted by Gasteiger charge is -2.19. The first-order chi connectivity index (χ1) is 9.65. The second kappa shape index (κ2) is 5.32. The number of nitrogen functional groups attached to an aromatic ring is 1. The van der Waals surface area contributed by atoms with Gasteiger partial charge < -0.3 is 20.5 Å². The third kappa shape index (κ3) is 2.45. The van der Waals surface area contributed by atoms with Gasteiger partial charge in [0.2, 0.25) is 0 Å². The van der Waals surface area contributed by atoms with E-state index in [0.29, 0.717) is 23.9 Å². The summed E-state index contributed by atoms with van der Waals surface area (Å²) in [6, 6.07) is 7.15. The zero-order chi connectivity index (χ0) is 14.1. The molecular weight excluding hydrogens is 256 g/mol. The van der Waals surface area contributed by atoms with Gasteiger partial charge in [-0.2, -0.15) is 0 Å². The van der Waals surface area contributed by atoms with Crippen LogP contribution < -0.4 is 10.5 Å². The molecule has 108 valence electrons. The first-order valence-electron chi connectivity index (χ1n) is 7.08. The molecular formula is C15H20N2O3. The third-order valence-electron chi connectivity index (χ3n) is 4.44. The molecule has 0 bridgehead atoms. The van der Waals surface area contributed by atoms with Crippen LogP contribution in [0.25, 0.3) is 0 Å². The molecule has 5 nitrogen and oxygen atoms in total. The molecule has 1 heterocycles. The molecule has 2 aliphatic rings. The standard InChI is InChI=1S/C15H20N2O3/c16-12-3-1-2-4-14(12)20-9-15(19)17-7-10-5-6-13(18)11(10)8-17/h1-4,10-11,13,18H,5-9,16H2. The Balaban J connectivity index is 1.55. The number of likely N-dealkylation sites (tertiary alicyclic amines) is 1. The highest BCUT2D eigenvalue weighted by molar-refractivity contribution is 5.78. The molecule has 1 aromatic carbocycles. The van der Waals surface area contributed by atoms with Crippen LogP contribution in [0.2, 0.25) is 0 Å². The van der Waals surface area contributed by atoms with E-state index in [1.54, 1.807) is 17.0 Å². The van der Waals surface area contributed by atoms with Crippen LogP contribution in [0, 0.1) is 11.8 Å². The van der Waals surface area contributed by atoms with Crippen molar-refractivity contribution in [2.75, 3.05) is 25.4 Å². The predicted octanol–water partition coefficient (Wildman–Crippen LogP) is 0.877. The number of para-hydroxylation sites is 2. The number of nitrogens with zero attached hydrogens (tertiary/aromatic N) is 1. The second-order valence-electron chi connectivity index (χ2n) is 5.69. The largest absolute Gasteiger partial charge is 0.482 e. The van der Waals surface area contributed by atoms with Gasteiger partial charge in [0, 0.05) is 19.0 Å². The van der Waals surface area contributed by atoms with Gasteiger partial charge in [-0.15, -0.1) is 0 Å². The van der Waals surface area contributed by atoms with Crippen molar-refractivity contribution >= 4 is 11.6 Å². The fourth-order valence-corrected chi connectivity index (χ4v) is 3.28. The van der Waals surface area contributed by atoms with Gasteiger partial charge in [0.1, 0.15) is 5.75 Å². The maximum absolute atomic E-state index is 12.1. The lowest BCUT2D eigenvalue weighted by Crippen LogP contribution is -2.34. The average molecular weight is 276 g/mol. The minimum atomic E-state index is -0.247. The number of aliphatic hydroxyl groups is 1. The lowest BCUT2D eigenvalue weighted by molar-refractivity contribution is -0.132. The maximum atomic E-state index is 12.1. The number of ether oxygens (including phenoxy) is 1. The van der Waals surface area contributed by atoms with E-state index in [1.165, 1.54) is 0 Å². The summed E-state index contributed by atoms with van der Waals surface area (Å²) in [4.78, 5) is 13.9. The zero-order valence-corrected chi connectivity index (χ0v) is 11.4. The van der Waals surface area contributed by atoms with Crippen LogP contribution >= 0.6 is 0 Å². The molecule has 3 atom stereocenters. The van der Waals surface area contributed by atoms with Crippen LogP contribution in [0.3, 0.4) is 0 Å². The fraction of sp³-hybridized carbons (Fsp3) is 0.533. The molecule has 1 saturated carbocycles. The average Bonchev–Trinajstić information content (AvgIpc) is 3.00. The van der Waals surface area contributed by atoms with Gasteiger partial charge in [0.15, 0.2) is 6.61 Å². The Labute approximate surface area is 118 Å². The molecule has 3 N–H and O–H groups in total. The number of rotatable bonds is 3. The van der Waals surface area contributed by atoms with Gasteiger partial charge in [-0.25, -0.2) is 0 Å². The molecule has 5 heteroatoms. The Bertz CT molecular complexity index is 506. The second-order valence-corrected chi connectivity index (χ2v) is 5.69. The molecule has 0 radical (unpaired) electrons. The van der Waals surface area contributed by atoms with Gasteiger partial charge in [0.05, 0.1) is 11.8 Å². The Kier molecular flexibility index (Phi) is 3.53. The number of carbonyl (C=O) groups excluding carboxylic acids is 1. The molecule has 0 spiro atoms. The van der Waals surface area contributed by atoms with Gasteiger partial charge in [-0.1, -0.05) is 12.1 Å². The Hall–Kier alpha value is -1.75. The summed E-state index contributed by atoms with van der Waals surface area (Å²) in [5.74, 6) is 1.21. The van der Waals surface area contributed by atoms with Crippen molar-refractivity contribution in [3.63, 3.8) is 0 Å². The number of anilines is 1. The van der Waals surface area contributed by atoms with Gasteiger partial charge in [-0.3, -0.25) is 4.79 Å². The van der Waals surface area contributed by atoms with Crippen molar-refractivity contribution in [2.24, 2.45) is 11.8 Å². The molecule has 1 aromatic rings. The number of aliphatic hydroxyl groups excluding tert-OH is 1. The summed E-state index contributed by atoms with van der Waals surface area (Å²) in [7, 11) is 0. The van der Waals surface area contributed by atoms with Crippen molar-refractivity contribution in [1.29, 1.82) is 0 Å². The van der Waals surface area contributed by atoms with E-state index in [9.17, 15) is 9.90 Å². The topological polar surface area (TPSA) is 75.8 Å². The lowest BCUT2D eigenvalue weighted by atomic mass is 10.00. The van der Waals surface area contributed by atoms with E-state index in [0.717, 1.165) is 19.4 Å². The summed E-state index contributed by atoms with van der Waals surface area (Å²) in [5, 5.41) is 9.86. The minimum absolute atomic E-state index is 0.00372. The number of benzene rings is 1. The normalized spacial score (nSPS) is 28.4. The van der Waals surface area contributed by atoms with Crippen molar-refractivity contribution < 1.29 is 14.6 Å². The van der Waals surface area contributed by atoms with Crippen LogP contribution in [0.5, 0.6) is 5.75 Å². The Morgan fingerprint density at radius 3 is 2.90 bits per heavy atom. The molecule has 3 unspecified atom stereocenters. The van der Waals surface area contributed by atoms with Crippen LogP contribution in [-0.4, -0.2) is 41.7 Å². The van der Waals surface area contributed by atoms with Crippen LogP contribution in [0.1, 0.15) is 12.8 Å². The van der Waals surface area contributed by atoms with E-state index in [-0.39, 0.29) is 24.5 Å². The summed E-state index contributed by atoms with van der Waals surface area (Å²) < 4.78 is 5.48. The molecule has 2 fully saturated rings. The SMILES string of the molecule is Nc1ccccc1OCC(=O)N1CC2CCC(O)C2C1. The first-order valence-corrected chi connectivity index (χ1v) is 7.08. The summed E-state index contributed by atoms with van der Waals surface area (Å²) in [5.41, 5.74) is 6.31. The Morgan fingerprint density at radius 2 is 2.15 bits per heavy atom. The van der Waals surface area contributed by atoms with E-state index in [2.05, 4.69) is 0 Å². The van der Waals surface area contributed by atoms with Crippen molar-refractivity contribution in [2.45, 2.75) is 18.9 Å². The first kappa shape index (κ1) is 13.2. The van der Waals surface area contributed by atoms with Crippen molar-refractivity contribution in [3.8, 4) is 5.75 Å². The number of nitrogens with two attached hydrogens (primary N) is 1. The van der Waals surface area contributed by atoms with E-state index >= 15 is 0 Å². The smallest absolute Gasteiger partial charge is 0.260 e. The van der Waals surface area contributed by atoms with E-state index in [1.807, 2.05) is 12.1 Å². The summed E-state index contributed by atoms with van der Waals surface area (Å²) in [6.07, 6.45) is 1.64. The summed E-state index contributed by atoms with van der Waals surface area (Å²) in [6.45, 7) is 1.40. The molecule has 1 aliphatic carbocycles. The van der Waals surface area contributed by atoms with Crippen molar-refractivity contribution in [3.05, 3.63) is 24.3 Å². The van der Waals surface area contributed by atoms with Crippen LogP contribution in [0.4, 0.5) is 5.69 Å². The minimum Gasteiger partial charge on any atom is -0.482 e. The van der Waals surface area contributed by atoms with Gasteiger partial charge in [0.25, 0.3) is 5.91 Å². The van der Waals surface area contributed by atoms with Gasteiger partial charge in [-0.05, 0) is 30.9 Å². The molecule has 3 rings (SSSR count). The van der Waals surface area contributed by atoms with E-state index < -0.39 is 0 Å². The molecule has 20 heavy (non-hydrogen) atoms. The number of hydrogen-bond donors (Lipinski definition) is 2. The van der Waals surface area contributed by atoms with Crippen LogP contribution in [0.15, 0.2) is 24.3 Å². The zero-order valence-electron chi connectivity index (χ0n) is 11.4. The Morgan fingerprint density at radius 1 is 1.35 bits per heavy atom. The molecule has 1 amide bonds. The maximum Gasteiger partial charge on any atom is 0.260 e. The third-order valence-corrected chi connectivity index (χ3v) is 4.44. The highest BCUT2D eigenvalue weighted by atomic mass is 16.5. The molecule has 1 saturated heterocycles. The predicted molar refractivity (Wildman–Crippen MR) is 75.2 cm³/mol.